The van der Waals surface area contributed by atoms with Crippen molar-refractivity contribution in [2.24, 2.45) is 0 Å². The Morgan fingerprint density at radius 2 is 2.17 bits per heavy atom. The summed E-state index contributed by atoms with van der Waals surface area (Å²) in [6.45, 7) is 1.03. The number of nitrogens with one attached hydrogen (secondary N) is 2. The van der Waals surface area contributed by atoms with Crippen LogP contribution in [-0.2, 0) is 4.79 Å². The molecule has 1 spiro atoms. The molecule has 3 nitrogen and oxygen atoms in total. The number of carbonyl (C=O) groups excluding carboxylic acids is 1. The molecular weight excluding hydrogens is 224 g/mol. The molecule has 1 unspecified atom stereocenters. The smallest absolute Gasteiger partial charge is 0.221 e. The molecule has 2 rings (SSSR count). The molecule has 0 aromatic rings. The third-order valence-corrected chi connectivity index (χ3v) is 4.30. The molecule has 0 bridgehead atoms. The molecule has 2 fully saturated rings. The molecule has 1 saturated carbocycles. The minimum Gasteiger partial charge on any atom is -0.353 e. The Hall–Kier alpha value is -1.01. The van der Waals surface area contributed by atoms with E-state index in [-0.39, 0.29) is 5.91 Å². The molecule has 1 atom stereocenters. The van der Waals surface area contributed by atoms with Crippen molar-refractivity contribution in [3.05, 3.63) is 0 Å². The molecule has 1 heterocycles. The number of carbonyl (C=O) groups is 1. The van der Waals surface area contributed by atoms with Crippen LogP contribution in [0.5, 0.6) is 0 Å². The summed E-state index contributed by atoms with van der Waals surface area (Å²) in [6, 6.07) is 0.342. The fraction of sp³-hybridized carbons (Fsp3) is 0.800. The summed E-state index contributed by atoms with van der Waals surface area (Å²) in [4.78, 5) is 11.7. The molecule has 100 valence electrons. The van der Waals surface area contributed by atoms with Crippen LogP contribution in [0.1, 0.15) is 57.8 Å². The first-order chi connectivity index (χ1) is 8.74. The molecule has 18 heavy (non-hydrogen) atoms. The van der Waals surface area contributed by atoms with E-state index < -0.39 is 0 Å². The summed E-state index contributed by atoms with van der Waals surface area (Å²) in [7, 11) is 0. The summed E-state index contributed by atoms with van der Waals surface area (Å²) >= 11 is 0. The lowest BCUT2D eigenvalue weighted by Gasteiger charge is -2.44. The molecule has 1 aliphatic heterocycles. The zero-order valence-electron chi connectivity index (χ0n) is 11.1. The number of hydrogen-bond donors (Lipinski definition) is 2. The fourth-order valence-corrected chi connectivity index (χ4v) is 3.38. The zero-order valence-corrected chi connectivity index (χ0v) is 11.1. The van der Waals surface area contributed by atoms with Gasteiger partial charge in [0.05, 0.1) is 0 Å². The Bertz CT molecular complexity index is 320. The van der Waals surface area contributed by atoms with Crippen LogP contribution >= 0.6 is 0 Å². The minimum atomic E-state index is 0.116. The predicted molar refractivity (Wildman–Crippen MR) is 73.1 cm³/mol. The average Bonchev–Trinajstić information content (AvgIpc) is 2.37. The van der Waals surface area contributed by atoms with Crippen molar-refractivity contribution < 1.29 is 4.79 Å². The van der Waals surface area contributed by atoms with Crippen LogP contribution in [0.25, 0.3) is 0 Å². The maximum absolute atomic E-state index is 11.7. The van der Waals surface area contributed by atoms with E-state index in [9.17, 15) is 4.79 Å². The van der Waals surface area contributed by atoms with E-state index in [0.29, 0.717) is 24.4 Å². The van der Waals surface area contributed by atoms with Gasteiger partial charge < -0.3 is 10.6 Å². The highest BCUT2D eigenvalue weighted by atomic mass is 16.1. The molecule has 2 aliphatic rings. The summed E-state index contributed by atoms with van der Waals surface area (Å²) < 4.78 is 0. The number of hydrogen-bond acceptors (Lipinski definition) is 2. The highest BCUT2D eigenvalue weighted by Crippen LogP contribution is 2.34. The highest BCUT2D eigenvalue weighted by Gasteiger charge is 2.37. The van der Waals surface area contributed by atoms with Crippen LogP contribution in [0.15, 0.2) is 0 Å². The predicted octanol–water partition coefficient (Wildman–Crippen LogP) is 1.97. The van der Waals surface area contributed by atoms with E-state index in [1.54, 1.807) is 0 Å². The van der Waals surface area contributed by atoms with E-state index in [4.69, 9.17) is 6.42 Å². The Morgan fingerprint density at radius 1 is 1.39 bits per heavy atom. The van der Waals surface area contributed by atoms with E-state index in [2.05, 4.69) is 16.6 Å². The highest BCUT2D eigenvalue weighted by molar-refractivity contribution is 5.76. The van der Waals surface area contributed by atoms with Gasteiger partial charge in [0.25, 0.3) is 0 Å². The molecule has 0 aromatic heterocycles. The Kier molecular flexibility index (Phi) is 4.66. The Labute approximate surface area is 110 Å². The van der Waals surface area contributed by atoms with Gasteiger partial charge in [-0.2, -0.15) is 0 Å². The zero-order chi connectivity index (χ0) is 12.8. The first kappa shape index (κ1) is 13.4. The van der Waals surface area contributed by atoms with E-state index >= 15 is 0 Å². The third kappa shape index (κ3) is 3.49. The number of rotatable bonds is 3. The van der Waals surface area contributed by atoms with Gasteiger partial charge in [-0.05, 0) is 32.2 Å². The number of piperidine rings is 1. The van der Waals surface area contributed by atoms with Gasteiger partial charge in [-0.1, -0.05) is 19.3 Å². The van der Waals surface area contributed by atoms with Gasteiger partial charge in [0.1, 0.15) is 0 Å². The van der Waals surface area contributed by atoms with Crippen LogP contribution in [0.4, 0.5) is 0 Å². The molecule has 1 aliphatic carbocycles. The molecule has 1 amide bonds. The van der Waals surface area contributed by atoms with E-state index in [1.807, 2.05) is 0 Å². The first-order valence-corrected chi connectivity index (χ1v) is 7.22. The maximum Gasteiger partial charge on any atom is 0.221 e. The van der Waals surface area contributed by atoms with Crippen molar-refractivity contribution in [2.45, 2.75) is 69.4 Å². The second-order valence-electron chi connectivity index (χ2n) is 5.73. The SMILES string of the molecule is C#CCCC(=O)NC1CCNC2(CCCCC2)C1. The second-order valence-corrected chi connectivity index (χ2v) is 5.73. The normalized spacial score (nSPS) is 26.5. The summed E-state index contributed by atoms with van der Waals surface area (Å²) in [5, 5.41) is 6.85. The maximum atomic E-state index is 11.7. The lowest BCUT2D eigenvalue weighted by atomic mass is 9.75. The molecule has 0 aromatic carbocycles. The second kappa shape index (κ2) is 6.24. The molecular formula is C15H24N2O. The van der Waals surface area contributed by atoms with Crippen molar-refractivity contribution in [1.82, 2.24) is 10.6 Å². The lowest BCUT2D eigenvalue weighted by molar-refractivity contribution is -0.122. The summed E-state index contributed by atoms with van der Waals surface area (Å²) in [6.07, 6.45) is 14.9. The summed E-state index contributed by atoms with van der Waals surface area (Å²) in [5.74, 6) is 2.64. The number of amides is 1. The van der Waals surface area contributed by atoms with Gasteiger partial charge in [0.15, 0.2) is 0 Å². The van der Waals surface area contributed by atoms with Crippen molar-refractivity contribution in [2.75, 3.05) is 6.54 Å². The lowest BCUT2D eigenvalue weighted by Crippen LogP contribution is -2.57. The van der Waals surface area contributed by atoms with Crippen molar-refractivity contribution >= 4 is 5.91 Å². The average molecular weight is 248 g/mol. The Balaban J connectivity index is 1.83. The van der Waals surface area contributed by atoms with Gasteiger partial charge in [0, 0.05) is 24.4 Å². The van der Waals surface area contributed by atoms with Crippen molar-refractivity contribution in [3.8, 4) is 12.3 Å². The van der Waals surface area contributed by atoms with E-state index in [0.717, 1.165) is 19.4 Å². The van der Waals surface area contributed by atoms with Gasteiger partial charge >= 0.3 is 0 Å². The monoisotopic (exact) mass is 248 g/mol. The van der Waals surface area contributed by atoms with Crippen molar-refractivity contribution in [1.29, 1.82) is 0 Å². The van der Waals surface area contributed by atoms with Gasteiger partial charge in [-0.15, -0.1) is 12.3 Å². The fourth-order valence-electron chi connectivity index (χ4n) is 3.38. The van der Waals surface area contributed by atoms with Crippen LogP contribution in [0.3, 0.4) is 0 Å². The van der Waals surface area contributed by atoms with Gasteiger partial charge in [-0.25, -0.2) is 0 Å². The summed E-state index contributed by atoms with van der Waals surface area (Å²) in [5.41, 5.74) is 0.306. The molecule has 1 saturated heterocycles. The minimum absolute atomic E-state index is 0.116. The standard InChI is InChI=1S/C15H24N2O/c1-2-3-7-14(18)17-13-8-11-16-15(12-13)9-5-4-6-10-15/h1,13,16H,3-12H2,(H,17,18). The quantitative estimate of drug-likeness (QED) is 0.750. The molecule has 2 N–H and O–H groups in total. The van der Waals surface area contributed by atoms with Crippen LogP contribution < -0.4 is 10.6 Å². The van der Waals surface area contributed by atoms with Gasteiger partial charge in [0.2, 0.25) is 5.91 Å². The van der Waals surface area contributed by atoms with E-state index in [1.165, 1.54) is 32.1 Å². The third-order valence-electron chi connectivity index (χ3n) is 4.30. The number of terminal acetylenes is 1. The van der Waals surface area contributed by atoms with Crippen LogP contribution in [-0.4, -0.2) is 24.0 Å². The van der Waals surface area contributed by atoms with Crippen LogP contribution in [0.2, 0.25) is 0 Å². The topological polar surface area (TPSA) is 41.1 Å². The largest absolute Gasteiger partial charge is 0.353 e. The van der Waals surface area contributed by atoms with Crippen LogP contribution in [0, 0.1) is 12.3 Å². The van der Waals surface area contributed by atoms with Crippen molar-refractivity contribution in [3.63, 3.8) is 0 Å². The Morgan fingerprint density at radius 3 is 2.89 bits per heavy atom. The molecule has 3 heteroatoms. The van der Waals surface area contributed by atoms with Gasteiger partial charge in [-0.3, -0.25) is 4.79 Å². The molecule has 0 radical (unpaired) electrons. The first-order valence-electron chi connectivity index (χ1n) is 7.22.